The smallest absolute Gasteiger partial charge is 0.126 e. The molecule has 1 aliphatic carbocycles. The molecule has 4 atom stereocenters. The summed E-state index contributed by atoms with van der Waals surface area (Å²) in [5.74, 6) is 18.8. The van der Waals surface area contributed by atoms with E-state index >= 15 is 0 Å². The molecule has 0 spiro atoms. The van der Waals surface area contributed by atoms with Crippen LogP contribution in [-0.2, 0) is 0 Å². The normalized spacial score (nSPS) is 21.1. The molecule has 4 aromatic rings. The Labute approximate surface area is 445 Å². The average Bonchev–Trinajstić information content (AvgIpc) is 3.38. The molecule has 70 heavy (non-hydrogen) atoms. The second kappa shape index (κ2) is 28.7. The molecular weight excluding hydrogens is 993 g/mol. The van der Waals surface area contributed by atoms with Crippen molar-refractivity contribution in [3.05, 3.63) is 93.0 Å². The largest absolute Gasteiger partial charge is 0.496 e. The van der Waals surface area contributed by atoms with Gasteiger partial charge in [0, 0.05) is 161 Å². The molecule has 10 bridgehead atoms. The molecule has 0 amide bonds. The van der Waals surface area contributed by atoms with Crippen LogP contribution in [0, 0.1) is 0 Å². The second-order valence-corrected chi connectivity index (χ2v) is 24.8. The Bertz CT molecular complexity index is 2100. The topological polar surface area (TPSA) is 73.8 Å². The van der Waals surface area contributed by atoms with Gasteiger partial charge < -0.3 is 37.9 Å². The highest BCUT2D eigenvalue weighted by atomic mass is 32.2. The molecule has 0 saturated carbocycles. The monoisotopic (exact) mass is 1070 g/mol. The zero-order valence-electron chi connectivity index (χ0n) is 42.8. The van der Waals surface area contributed by atoms with E-state index in [4.69, 9.17) is 37.9 Å². The molecular formula is C56H76O8S6. The quantitative estimate of drug-likeness (QED) is 0.168. The summed E-state index contributed by atoms with van der Waals surface area (Å²) in [6.45, 7) is 11.5. The molecule has 3 heterocycles. The Hall–Kier alpha value is -2.62. The first-order valence-electron chi connectivity index (χ1n) is 25.3. The highest BCUT2D eigenvalue weighted by Gasteiger charge is 2.34. The highest BCUT2D eigenvalue weighted by molar-refractivity contribution is 8.05. The molecule has 4 aromatic carbocycles. The third-order valence-corrected chi connectivity index (χ3v) is 20.3. The van der Waals surface area contributed by atoms with E-state index in [1.165, 1.54) is 0 Å². The number of hydrogen-bond acceptors (Lipinski definition) is 14. The first-order valence-corrected chi connectivity index (χ1v) is 32.2. The van der Waals surface area contributed by atoms with Gasteiger partial charge in [0.1, 0.15) is 46.0 Å². The van der Waals surface area contributed by atoms with Crippen molar-refractivity contribution in [1.82, 2.24) is 0 Å². The minimum absolute atomic E-state index is 0.0877. The van der Waals surface area contributed by atoms with Gasteiger partial charge in [-0.25, -0.2) is 0 Å². The Morgan fingerprint density at radius 1 is 0.314 bits per heavy atom. The number of thioether (sulfide) groups is 6. The van der Waals surface area contributed by atoms with E-state index in [0.29, 0.717) is 26.4 Å². The standard InChI is InChI=1S/C56H76O8S6/c1-9-37-41-29-47-40(12-4)44-32-46-38(10-2)42-30-48(56(34-50(42)58-6)64-16-20-68-24-28-70-26-22-66-18-14-62-54(46)36-52(44)60-8)39(11-3)43-31-45(37)53(35-51(43)59-7)61-13-17-65-21-25-69-27-23-67-19-15-63-55(47)33-49(41)57-5/h29-40H,9-28H2,1-8H3/t37-,38-,39-,40-/m1/s1. The molecule has 0 saturated heterocycles. The van der Waals surface area contributed by atoms with Crippen molar-refractivity contribution in [2.45, 2.75) is 77.0 Å². The predicted octanol–water partition coefficient (Wildman–Crippen LogP) is 14.1. The molecule has 0 N–H and O–H groups in total. The fraction of sp³-hybridized carbons (Fsp3) is 0.571. The molecule has 0 fully saturated rings. The van der Waals surface area contributed by atoms with Gasteiger partial charge in [-0.15, -0.1) is 0 Å². The van der Waals surface area contributed by atoms with Crippen molar-refractivity contribution in [2.75, 3.05) is 124 Å². The van der Waals surface area contributed by atoms with Crippen LogP contribution in [-0.4, -0.2) is 124 Å². The van der Waals surface area contributed by atoms with Gasteiger partial charge in [0.05, 0.1) is 54.9 Å². The van der Waals surface area contributed by atoms with Crippen LogP contribution in [0.15, 0.2) is 48.5 Å². The third-order valence-electron chi connectivity index (χ3n) is 13.5. The van der Waals surface area contributed by atoms with Crippen LogP contribution in [0.25, 0.3) is 0 Å². The van der Waals surface area contributed by atoms with Crippen LogP contribution in [0.1, 0.15) is 122 Å². The average molecular weight is 1070 g/mol. The molecule has 4 aliphatic rings. The van der Waals surface area contributed by atoms with Crippen molar-refractivity contribution in [2.24, 2.45) is 0 Å². The fourth-order valence-corrected chi connectivity index (χ4v) is 15.9. The van der Waals surface area contributed by atoms with Gasteiger partial charge in [0.2, 0.25) is 0 Å². The molecule has 14 heteroatoms. The number of rotatable bonds is 8. The van der Waals surface area contributed by atoms with Gasteiger partial charge in [0.15, 0.2) is 0 Å². The summed E-state index contributed by atoms with van der Waals surface area (Å²) in [7, 11) is 7.15. The summed E-state index contributed by atoms with van der Waals surface area (Å²) in [5, 5.41) is 0. The van der Waals surface area contributed by atoms with Crippen LogP contribution in [0.4, 0.5) is 0 Å². The van der Waals surface area contributed by atoms with E-state index in [1.807, 2.05) is 70.6 Å². The van der Waals surface area contributed by atoms with E-state index in [1.54, 1.807) is 28.4 Å². The van der Waals surface area contributed by atoms with Crippen LogP contribution in [0.3, 0.4) is 0 Å². The molecule has 8 rings (SSSR count). The number of methoxy groups -OCH3 is 4. The number of ether oxygens (including phenoxy) is 8. The van der Waals surface area contributed by atoms with Gasteiger partial charge in [0.25, 0.3) is 0 Å². The Kier molecular flexibility index (Phi) is 22.6. The van der Waals surface area contributed by atoms with Crippen molar-refractivity contribution >= 4 is 70.6 Å². The SMILES string of the molecule is CC[C@@H]1c2cc3c(cc2OC)OCCSCCSCCSCCOc2cc(OC)c(cc21)[C@@H](CC)c1cc2c(OC)cc1OCCSCCSCCSCCOc1cc(OC)c(cc1[C@@H]2CC)[C@H]3CC. The summed E-state index contributed by atoms with van der Waals surface area (Å²) < 4.78 is 53.5. The lowest BCUT2D eigenvalue weighted by molar-refractivity contribution is 0.328. The molecule has 0 unspecified atom stereocenters. The lowest BCUT2D eigenvalue weighted by Crippen LogP contribution is -2.16. The molecule has 0 radical (unpaired) electrons. The van der Waals surface area contributed by atoms with Gasteiger partial charge in [-0.05, 0) is 49.9 Å². The number of fused-ring (bicyclic) bond motifs is 15. The van der Waals surface area contributed by atoms with Crippen LogP contribution >= 0.6 is 70.6 Å². The maximum atomic E-state index is 6.93. The van der Waals surface area contributed by atoms with Gasteiger partial charge in [-0.3, -0.25) is 0 Å². The zero-order valence-corrected chi connectivity index (χ0v) is 47.7. The van der Waals surface area contributed by atoms with Gasteiger partial charge in [-0.1, -0.05) is 27.7 Å². The van der Waals surface area contributed by atoms with E-state index < -0.39 is 0 Å². The van der Waals surface area contributed by atoms with Gasteiger partial charge in [-0.2, -0.15) is 70.6 Å². The van der Waals surface area contributed by atoms with Crippen molar-refractivity contribution < 1.29 is 37.9 Å². The van der Waals surface area contributed by atoms with Crippen LogP contribution < -0.4 is 37.9 Å². The second-order valence-electron chi connectivity index (χ2n) is 17.4. The maximum absolute atomic E-state index is 6.93. The summed E-state index contributed by atoms with van der Waals surface area (Å²) >= 11 is 11.9. The number of hydrogen-bond donors (Lipinski definition) is 0. The lowest BCUT2D eigenvalue weighted by Gasteiger charge is -2.31. The first kappa shape index (κ1) is 55.1. The number of benzene rings is 4. The Morgan fingerprint density at radius 2 is 0.514 bits per heavy atom. The van der Waals surface area contributed by atoms with Crippen LogP contribution in [0.2, 0.25) is 0 Å². The van der Waals surface area contributed by atoms with Crippen molar-refractivity contribution in [3.63, 3.8) is 0 Å². The molecule has 8 nitrogen and oxygen atoms in total. The third kappa shape index (κ3) is 13.6. The lowest BCUT2D eigenvalue weighted by atomic mass is 9.77. The van der Waals surface area contributed by atoms with Gasteiger partial charge >= 0.3 is 0 Å². The Morgan fingerprint density at radius 3 is 0.700 bits per heavy atom. The van der Waals surface area contributed by atoms with E-state index in [-0.39, 0.29) is 23.7 Å². The summed E-state index contributed by atoms with van der Waals surface area (Å²) in [5.41, 5.74) is 8.87. The van der Waals surface area contributed by atoms with Crippen LogP contribution in [0.5, 0.6) is 46.0 Å². The van der Waals surface area contributed by atoms with E-state index in [2.05, 4.69) is 76.2 Å². The maximum Gasteiger partial charge on any atom is 0.126 e. The van der Waals surface area contributed by atoms with E-state index in [0.717, 1.165) is 185 Å². The predicted molar refractivity (Wildman–Crippen MR) is 306 cm³/mol. The highest BCUT2D eigenvalue weighted by Crippen LogP contribution is 2.53. The molecule has 3 aliphatic heterocycles. The fourth-order valence-electron chi connectivity index (χ4n) is 10.1. The van der Waals surface area contributed by atoms with Crippen molar-refractivity contribution in [3.8, 4) is 46.0 Å². The zero-order chi connectivity index (χ0) is 49.2. The summed E-state index contributed by atoms with van der Waals surface area (Å²) in [6, 6.07) is 18.1. The summed E-state index contributed by atoms with van der Waals surface area (Å²) in [4.78, 5) is 0. The molecule has 384 valence electrons. The van der Waals surface area contributed by atoms with E-state index in [9.17, 15) is 0 Å². The molecule has 0 aromatic heterocycles. The Balaban J connectivity index is 1.58. The summed E-state index contributed by atoms with van der Waals surface area (Å²) in [6.07, 6.45) is 3.23. The minimum Gasteiger partial charge on any atom is -0.496 e. The van der Waals surface area contributed by atoms with Crippen molar-refractivity contribution in [1.29, 1.82) is 0 Å². The minimum atomic E-state index is -0.0893. The first-order chi connectivity index (χ1) is 34.4.